The van der Waals surface area contributed by atoms with Crippen molar-refractivity contribution in [3.63, 3.8) is 0 Å². The number of morpholine rings is 1. The predicted octanol–water partition coefficient (Wildman–Crippen LogP) is -0.340. The van der Waals surface area contributed by atoms with Gasteiger partial charge in [-0.25, -0.2) is 4.79 Å². The Hall–Kier alpha value is -3.25. The summed E-state index contributed by atoms with van der Waals surface area (Å²) in [7, 11) is 0. The Morgan fingerprint density at radius 2 is 1.97 bits per heavy atom. The van der Waals surface area contributed by atoms with Gasteiger partial charge in [0.2, 0.25) is 0 Å². The molecule has 0 aromatic carbocycles. The number of carbonyl (C=O) groups excluding carboxylic acids is 2. The molecule has 0 saturated carbocycles. The van der Waals surface area contributed by atoms with Crippen molar-refractivity contribution in [2.24, 2.45) is 0 Å². The second-order valence-corrected chi connectivity index (χ2v) is 8.96. The van der Waals surface area contributed by atoms with Gasteiger partial charge in [-0.3, -0.25) is 9.69 Å². The lowest BCUT2D eigenvalue weighted by atomic mass is 9.83. The van der Waals surface area contributed by atoms with Crippen molar-refractivity contribution in [1.29, 1.82) is 0 Å². The van der Waals surface area contributed by atoms with Gasteiger partial charge in [0.25, 0.3) is 5.91 Å². The second kappa shape index (κ2) is 7.96. The molecule has 12 nitrogen and oxygen atoms in total. The lowest BCUT2D eigenvalue weighted by Crippen LogP contribution is -2.63. The second-order valence-electron chi connectivity index (χ2n) is 8.96. The summed E-state index contributed by atoms with van der Waals surface area (Å²) in [5, 5.41) is 19.6. The van der Waals surface area contributed by atoms with Gasteiger partial charge in [0.05, 0.1) is 18.0 Å². The van der Waals surface area contributed by atoms with Crippen LogP contribution in [-0.4, -0.2) is 96.1 Å². The summed E-state index contributed by atoms with van der Waals surface area (Å²) in [4.78, 5) is 29.2. The van der Waals surface area contributed by atoms with E-state index in [-0.39, 0.29) is 30.6 Å². The topological polar surface area (TPSA) is 128 Å². The Morgan fingerprint density at radius 1 is 1.12 bits per heavy atom. The maximum absolute atomic E-state index is 13.5. The Labute approximate surface area is 189 Å². The van der Waals surface area contributed by atoms with Crippen LogP contribution in [0.1, 0.15) is 31.4 Å². The van der Waals surface area contributed by atoms with Gasteiger partial charge in [0.1, 0.15) is 18.5 Å². The molecule has 2 unspecified atom stereocenters. The summed E-state index contributed by atoms with van der Waals surface area (Å²) in [5.74, 6) is 0.159. The summed E-state index contributed by atoms with van der Waals surface area (Å²) < 4.78 is 12.7. The number of hydrogen-bond acceptors (Lipinski definition) is 10. The number of aromatic nitrogens is 6. The fourth-order valence-corrected chi connectivity index (χ4v) is 5.61. The standard InChI is InChI=1S/C21H24N8O4/c30-19-9-17(12-32-19)28-7-8-33-21(20(28)31)10-15-2-3-16(11-21)27(15)6-5-14-1-4-18(24-23-14)29-13-22-25-26-29/h1,4,9,13,15-16H,2-3,5-8,10-12H2. The number of esters is 1. The van der Waals surface area contributed by atoms with Crippen LogP contribution in [0.2, 0.25) is 0 Å². The van der Waals surface area contributed by atoms with Gasteiger partial charge >= 0.3 is 5.97 Å². The number of cyclic esters (lactones) is 1. The molecule has 0 aliphatic carbocycles. The third kappa shape index (κ3) is 3.59. The highest BCUT2D eigenvalue weighted by Gasteiger charge is 2.56. The monoisotopic (exact) mass is 452 g/mol. The number of carbonyl (C=O) groups is 2. The smallest absolute Gasteiger partial charge is 0.333 e. The molecule has 6 heterocycles. The van der Waals surface area contributed by atoms with Crippen molar-refractivity contribution >= 4 is 11.9 Å². The van der Waals surface area contributed by atoms with Crippen LogP contribution in [0, 0.1) is 0 Å². The van der Waals surface area contributed by atoms with E-state index in [1.54, 1.807) is 4.90 Å². The van der Waals surface area contributed by atoms with Crippen molar-refractivity contribution in [2.45, 2.75) is 49.8 Å². The lowest BCUT2D eigenvalue weighted by molar-refractivity contribution is -0.181. The van der Waals surface area contributed by atoms with Crippen LogP contribution in [0.5, 0.6) is 0 Å². The molecule has 2 aromatic heterocycles. The van der Waals surface area contributed by atoms with E-state index in [9.17, 15) is 9.59 Å². The van der Waals surface area contributed by atoms with Crippen LogP contribution in [-0.2, 0) is 25.5 Å². The molecule has 0 N–H and O–H groups in total. The molecule has 2 bridgehead atoms. The summed E-state index contributed by atoms with van der Waals surface area (Å²) in [6, 6.07) is 4.38. The minimum absolute atomic E-state index is 0.0288. The molecule has 1 amide bonds. The van der Waals surface area contributed by atoms with Gasteiger partial charge in [0.15, 0.2) is 5.82 Å². The maximum Gasteiger partial charge on any atom is 0.333 e. The summed E-state index contributed by atoms with van der Waals surface area (Å²) in [5.41, 5.74) is 0.743. The Balaban J connectivity index is 1.12. The zero-order valence-corrected chi connectivity index (χ0v) is 18.0. The number of hydrogen-bond donors (Lipinski definition) is 0. The van der Waals surface area contributed by atoms with E-state index in [4.69, 9.17) is 9.47 Å². The van der Waals surface area contributed by atoms with E-state index in [1.807, 2.05) is 12.1 Å². The molecular weight excluding hydrogens is 428 g/mol. The fraction of sp³-hybridized carbons (Fsp3) is 0.571. The molecule has 3 saturated heterocycles. The number of ether oxygens (including phenoxy) is 2. The normalized spacial score (nSPS) is 29.6. The third-order valence-corrected chi connectivity index (χ3v) is 7.14. The highest BCUT2D eigenvalue weighted by atomic mass is 16.5. The number of tetrazole rings is 1. The van der Waals surface area contributed by atoms with E-state index in [0.29, 0.717) is 37.5 Å². The Bertz CT molecular complexity index is 1070. The van der Waals surface area contributed by atoms with Gasteiger partial charge in [-0.1, -0.05) is 0 Å². The molecule has 1 spiro atoms. The molecule has 3 fully saturated rings. The van der Waals surface area contributed by atoms with E-state index in [0.717, 1.165) is 31.5 Å². The summed E-state index contributed by atoms with van der Waals surface area (Å²) in [6.45, 7) is 1.95. The van der Waals surface area contributed by atoms with Crippen LogP contribution in [0.25, 0.3) is 5.82 Å². The first-order chi connectivity index (χ1) is 16.1. The molecule has 33 heavy (non-hydrogen) atoms. The highest BCUT2D eigenvalue weighted by Crippen LogP contribution is 2.45. The maximum atomic E-state index is 13.5. The van der Waals surface area contributed by atoms with Crippen LogP contribution < -0.4 is 0 Å². The van der Waals surface area contributed by atoms with Crippen LogP contribution >= 0.6 is 0 Å². The van der Waals surface area contributed by atoms with Crippen molar-refractivity contribution in [3.8, 4) is 5.82 Å². The first-order valence-electron chi connectivity index (χ1n) is 11.3. The molecule has 0 radical (unpaired) electrons. The molecule has 6 rings (SSSR count). The Kier molecular flexibility index (Phi) is 4.91. The van der Waals surface area contributed by atoms with Crippen molar-refractivity contribution in [1.82, 2.24) is 40.2 Å². The number of piperidine rings is 1. The number of nitrogens with zero attached hydrogens (tertiary/aromatic N) is 8. The average molecular weight is 452 g/mol. The van der Waals surface area contributed by atoms with E-state index in [2.05, 4.69) is 30.6 Å². The Morgan fingerprint density at radius 3 is 2.64 bits per heavy atom. The summed E-state index contributed by atoms with van der Waals surface area (Å²) >= 11 is 0. The SMILES string of the molecule is O=C1C=C(N2CCOC3(CC4CCC(C3)N4CCc3ccc(-n4cnnn4)nn3)C2=O)CO1. The van der Waals surface area contributed by atoms with Crippen LogP contribution in [0.15, 0.2) is 30.2 Å². The van der Waals surface area contributed by atoms with Crippen molar-refractivity contribution in [2.75, 3.05) is 26.3 Å². The zero-order chi connectivity index (χ0) is 22.4. The van der Waals surface area contributed by atoms with Crippen molar-refractivity contribution < 1.29 is 19.1 Å². The quantitative estimate of drug-likeness (QED) is 0.556. The molecule has 172 valence electrons. The van der Waals surface area contributed by atoms with E-state index in [1.165, 1.54) is 17.1 Å². The molecule has 4 aliphatic heterocycles. The van der Waals surface area contributed by atoms with Gasteiger partial charge in [0, 0.05) is 50.5 Å². The van der Waals surface area contributed by atoms with E-state index >= 15 is 0 Å². The molecule has 2 atom stereocenters. The number of fused-ring (bicyclic) bond motifs is 2. The zero-order valence-electron chi connectivity index (χ0n) is 18.0. The van der Waals surface area contributed by atoms with Crippen molar-refractivity contribution in [3.05, 3.63) is 35.9 Å². The average Bonchev–Trinajstić information content (AvgIpc) is 3.56. The van der Waals surface area contributed by atoms with Gasteiger partial charge in [-0.2, -0.15) is 9.78 Å². The number of amides is 1. The fourth-order valence-electron chi connectivity index (χ4n) is 5.61. The molecule has 2 aromatic rings. The largest absolute Gasteiger partial charge is 0.456 e. The van der Waals surface area contributed by atoms with Gasteiger partial charge in [-0.05, 0) is 35.4 Å². The molecule has 4 aliphatic rings. The van der Waals surface area contributed by atoms with E-state index < -0.39 is 5.60 Å². The summed E-state index contributed by atoms with van der Waals surface area (Å²) in [6.07, 6.45) is 7.13. The highest BCUT2D eigenvalue weighted by molar-refractivity contribution is 5.91. The van der Waals surface area contributed by atoms with Crippen LogP contribution in [0.4, 0.5) is 0 Å². The number of rotatable bonds is 5. The molecular formula is C21H24N8O4. The first-order valence-corrected chi connectivity index (χ1v) is 11.3. The molecule has 12 heteroatoms. The van der Waals surface area contributed by atoms with Gasteiger partial charge in [-0.15, -0.1) is 10.2 Å². The minimum atomic E-state index is -0.805. The third-order valence-electron chi connectivity index (χ3n) is 7.14. The first kappa shape index (κ1) is 20.4. The predicted molar refractivity (Wildman–Crippen MR) is 111 cm³/mol. The lowest BCUT2D eigenvalue weighted by Gasteiger charge is -2.49. The van der Waals surface area contributed by atoms with Crippen LogP contribution in [0.3, 0.4) is 0 Å². The van der Waals surface area contributed by atoms with Gasteiger partial charge < -0.3 is 14.4 Å². The minimum Gasteiger partial charge on any atom is -0.456 e.